The molecule has 1 fully saturated rings. The molecule has 0 aliphatic carbocycles. The van der Waals surface area contributed by atoms with Crippen LogP contribution in [0.15, 0.2) is 35.3 Å². The third kappa shape index (κ3) is 2.53. The maximum absolute atomic E-state index is 12.3. The number of carbonyl (C=O) groups excluding carboxylic acids is 1. The van der Waals surface area contributed by atoms with Gasteiger partial charge >= 0.3 is 0 Å². The summed E-state index contributed by atoms with van der Waals surface area (Å²) >= 11 is 3.40. The first-order valence-electron chi connectivity index (χ1n) is 6.28. The van der Waals surface area contributed by atoms with Crippen LogP contribution in [0.1, 0.15) is 0 Å². The van der Waals surface area contributed by atoms with E-state index in [0.29, 0.717) is 13.1 Å². The Bertz CT molecular complexity index is 641. The maximum Gasteiger partial charge on any atom is 0.246 e. The number of carbonyl (C=O) groups is 1. The van der Waals surface area contributed by atoms with Crippen molar-refractivity contribution in [2.24, 2.45) is 7.05 Å². The van der Waals surface area contributed by atoms with Gasteiger partial charge in [0.25, 0.3) is 0 Å². The van der Waals surface area contributed by atoms with E-state index in [1.807, 2.05) is 24.2 Å². The van der Waals surface area contributed by atoms with Gasteiger partial charge in [0.15, 0.2) is 0 Å². The molecule has 0 radical (unpaired) electrons. The predicted molar refractivity (Wildman–Crippen MR) is 79.7 cm³/mol. The normalized spacial score (nSPS) is 15.8. The van der Waals surface area contributed by atoms with Crippen LogP contribution in [0, 0.1) is 0 Å². The van der Waals surface area contributed by atoms with Gasteiger partial charge in [-0.25, -0.2) is 0 Å². The highest BCUT2D eigenvalue weighted by molar-refractivity contribution is 9.10. The van der Waals surface area contributed by atoms with E-state index in [4.69, 9.17) is 0 Å². The van der Waals surface area contributed by atoms with E-state index in [2.05, 4.69) is 26.0 Å². The van der Waals surface area contributed by atoms with E-state index in [1.54, 1.807) is 28.2 Å². The molecule has 1 aliphatic heterocycles. The maximum atomic E-state index is 12.3. The average Bonchev–Trinajstić information content (AvgIpc) is 2.85. The minimum Gasteiger partial charge on any atom is -0.359 e. The van der Waals surface area contributed by atoms with Crippen molar-refractivity contribution in [1.29, 1.82) is 0 Å². The van der Waals surface area contributed by atoms with E-state index >= 15 is 0 Å². The first-order chi connectivity index (χ1) is 9.63. The highest BCUT2D eigenvalue weighted by Crippen LogP contribution is 2.22. The smallest absolute Gasteiger partial charge is 0.246 e. The van der Waals surface area contributed by atoms with Crippen LogP contribution in [0.3, 0.4) is 0 Å². The van der Waals surface area contributed by atoms with Crippen LogP contribution in [0.25, 0.3) is 0 Å². The summed E-state index contributed by atoms with van der Waals surface area (Å²) in [5.41, 5.74) is 1.81. The second-order valence-corrected chi connectivity index (χ2v) is 5.62. The SMILES string of the molecule is Cn1cc(N2CCN(c3cncc(Br)c3)CC2=O)cn1. The zero-order valence-corrected chi connectivity index (χ0v) is 12.6. The molecule has 2 aromatic heterocycles. The number of pyridine rings is 1. The predicted octanol–water partition coefficient (Wildman–Crippen LogP) is 1.43. The van der Waals surface area contributed by atoms with Crippen LogP contribution in [-0.4, -0.2) is 40.3 Å². The highest BCUT2D eigenvalue weighted by atomic mass is 79.9. The fourth-order valence-electron chi connectivity index (χ4n) is 2.29. The van der Waals surface area contributed by atoms with Crippen molar-refractivity contribution in [3.05, 3.63) is 35.3 Å². The lowest BCUT2D eigenvalue weighted by Gasteiger charge is -2.34. The lowest BCUT2D eigenvalue weighted by Crippen LogP contribution is -2.50. The van der Waals surface area contributed by atoms with Crippen LogP contribution in [0.4, 0.5) is 11.4 Å². The fourth-order valence-corrected chi connectivity index (χ4v) is 2.64. The second-order valence-electron chi connectivity index (χ2n) is 4.70. The summed E-state index contributed by atoms with van der Waals surface area (Å²) in [4.78, 5) is 20.2. The van der Waals surface area contributed by atoms with Crippen LogP contribution >= 0.6 is 15.9 Å². The standard InChI is InChI=1S/C13H14BrN5O/c1-17-8-12(7-16-17)19-3-2-18(9-13(19)20)11-4-10(14)5-15-6-11/h4-8H,2-3,9H2,1H3. The van der Waals surface area contributed by atoms with Gasteiger partial charge in [-0.15, -0.1) is 0 Å². The largest absolute Gasteiger partial charge is 0.359 e. The van der Waals surface area contributed by atoms with E-state index in [9.17, 15) is 4.79 Å². The number of hydrogen-bond donors (Lipinski definition) is 0. The van der Waals surface area contributed by atoms with Gasteiger partial charge < -0.3 is 9.80 Å². The Hall–Kier alpha value is -1.89. The summed E-state index contributed by atoms with van der Waals surface area (Å²) in [6.07, 6.45) is 7.08. The Balaban J connectivity index is 1.75. The topological polar surface area (TPSA) is 54.3 Å². The summed E-state index contributed by atoms with van der Waals surface area (Å²) in [6.45, 7) is 1.78. The quantitative estimate of drug-likeness (QED) is 0.833. The molecule has 0 N–H and O–H groups in total. The molecule has 0 aromatic carbocycles. The molecule has 2 aromatic rings. The van der Waals surface area contributed by atoms with Gasteiger partial charge in [-0.3, -0.25) is 14.5 Å². The number of anilines is 2. The van der Waals surface area contributed by atoms with Gasteiger partial charge in [-0.1, -0.05) is 0 Å². The minimum atomic E-state index is 0.0734. The number of rotatable bonds is 2. The number of aryl methyl sites for hydroxylation is 1. The van der Waals surface area contributed by atoms with Gasteiger partial charge in [0.1, 0.15) is 0 Å². The van der Waals surface area contributed by atoms with Crippen molar-refractivity contribution < 1.29 is 4.79 Å². The lowest BCUT2D eigenvalue weighted by molar-refractivity contribution is -0.117. The van der Waals surface area contributed by atoms with Gasteiger partial charge in [0, 0.05) is 37.0 Å². The molecule has 0 atom stereocenters. The molecule has 0 spiro atoms. The molecule has 3 heterocycles. The fraction of sp³-hybridized carbons (Fsp3) is 0.308. The van der Waals surface area contributed by atoms with Crippen LogP contribution in [0.2, 0.25) is 0 Å². The van der Waals surface area contributed by atoms with Gasteiger partial charge in [0.05, 0.1) is 30.3 Å². The first-order valence-corrected chi connectivity index (χ1v) is 7.07. The molecular formula is C13H14BrN5O. The molecule has 20 heavy (non-hydrogen) atoms. The van der Waals surface area contributed by atoms with Gasteiger partial charge in [0.2, 0.25) is 5.91 Å². The third-order valence-corrected chi connectivity index (χ3v) is 3.71. The first kappa shape index (κ1) is 13.1. The Kier molecular flexibility index (Phi) is 3.43. The van der Waals surface area contributed by atoms with Crippen molar-refractivity contribution in [3.8, 4) is 0 Å². The summed E-state index contributed by atoms with van der Waals surface area (Å²) in [7, 11) is 1.84. The Morgan fingerprint density at radius 3 is 2.70 bits per heavy atom. The van der Waals surface area contributed by atoms with Crippen molar-refractivity contribution in [1.82, 2.24) is 14.8 Å². The molecule has 3 rings (SSSR count). The van der Waals surface area contributed by atoms with Crippen molar-refractivity contribution >= 4 is 33.2 Å². The molecule has 0 bridgehead atoms. The molecule has 0 unspecified atom stereocenters. The second kappa shape index (κ2) is 5.24. The zero-order chi connectivity index (χ0) is 14.1. The van der Waals surface area contributed by atoms with Gasteiger partial charge in [-0.05, 0) is 22.0 Å². The molecule has 104 valence electrons. The van der Waals surface area contributed by atoms with E-state index in [-0.39, 0.29) is 5.91 Å². The molecular weight excluding hydrogens is 322 g/mol. The Morgan fingerprint density at radius 1 is 1.20 bits per heavy atom. The van der Waals surface area contributed by atoms with Crippen LogP contribution in [-0.2, 0) is 11.8 Å². The molecule has 1 aliphatic rings. The van der Waals surface area contributed by atoms with E-state index in [0.717, 1.165) is 22.4 Å². The molecule has 6 nitrogen and oxygen atoms in total. The monoisotopic (exact) mass is 335 g/mol. The van der Waals surface area contributed by atoms with Gasteiger partial charge in [-0.2, -0.15) is 5.10 Å². The number of nitrogens with zero attached hydrogens (tertiary/aromatic N) is 5. The van der Waals surface area contributed by atoms with Crippen molar-refractivity contribution in [2.75, 3.05) is 29.4 Å². The number of hydrogen-bond acceptors (Lipinski definition) is 4. The highest BCUT2D eigenvalue weighted by Gasteiger charge is 2.26. The number of piperazine rings is 1. The minimum absolute atomic E-state index is 0.0734. The summed E-state index contributed by atoms with van der Waals surface area (Å²) < 4.78 is 2.62. The molecule has 1 saturated heterocycles. The van der Waals surface area contributed by atoms with E-state index < -0.39 is 0 Å². The van der Waals surface area contributed by atoms with Crippen molar-refractivity contribution in [2.45, 2.75) is 0 Å². The number of aromatic nitrogens is 3. The van der Waals surface area contributed by atoms with Crippen molar-refractivity contribution in [3.63, 3.8) is 0 Å². The Labute approximate surface area is 125 Å². The molecule has 0 saturated carbocycles. The summed E-state index contributed by atoms with van der Waals surface area (Å²) in [6, 6.07) is 1.97. The zero-order valence-electron chi connectivity index (χ0n) is 11.0. The van der Waals surface area contributed by atoms with Crippen LogP contribution in [0.5, 0.6) is 0 Å². The molecule has 1 amide bonds. The third-order valence-electron chi connectivity index (χ3n) is 3.28. The van der Waals surface area contributed by atoms with Crippen LogP contribution < -0.4 is 9.80 Å². The Morgan fingerprint density at radius 2 is 2.05 bits per heavy atom. The summed E-state index contributed by atoms with van der Waals surface area (Å²) in [5, 5.41) is 4.11. The number of halogens is 1. The average molecular weight is 336 g/mol. The number of amides is 1. The van der Waals surface area contributed by atoms with E-state index in [1.165, 1.54) is 0 Å². The summed E-state index contributed by atoms with van der Waals surface area (Å²) in [5.74, 6) is 0.0734. The lowest BCUT2D eigenvalue weighted by atomic mass is 10.2. The molecule has 7 heteroatoms.